The van der Waals surface area contributed by atoms with Gasteiger partial charge in [-0.2, -0.15) is 22.6 Å². The van der Waals surface area contributed by atoms with E-state index >= 15 is 0 Å². The van der Waals surface area contributed by atoms with Crippen LogP contribution in [0.1, 0.15) is 29.8 Å². The van der Waals surface area contributed by atoms with Gasteiger partial charge in [0.25, 0.3) is 5.91 Å². The Hall–Kier alpha value is -2.96. The zero-order valence-electron chi connectivity index (χ0n) is 17.5. The molecule has 176 valence electrons. The third-order valence-corrected chi connectivity index (χ3v) is 7.29. The summed E-state index contributed by atoms with van der Waals surface area (Å²) in [6, 6.07) is 6.38. The van der Waals surface area contributed by atoms with Gasteiger partial charge in [0.15, 0.2) is 0 Å². The molecule has 0 aliphatic heterocycles. The molecular formula is C20H19ClF3N5O3S. The highest BCUT2D eigenvalue weighted by molar-refractivity contribution is 7.89. The van der Waals surface area contributed by atoms with Gasteiger partial charge >= 0.3 is 6.18 Å². The molecule has 1 N–H and O–H groups in total. The average Bonchev–Trinajstić information content (AvgIpc) is 3.28. The van der Waals surface area contributed by atoms with Crippen LogP contribution in [0, 0.1) is 0 Å². The molecule has 0 bridgehead atoms. The Bertz CT molecular complexity index is 1260. The molecule has 0 spiro atoms. The fourth-order valence-corrected chi connectivity index (χ4v) is 5.04. The Labute approximate surface area is 193 Å². The van der Waals surface area contributed by atoms with Gasteiger partial charge in [-0.3, -0.25) is 4.79 Å². The van der Waals surface area contributed by atoms with Crippen molar-refractivity contribution in [3.8, 4) is 5.69 Å². The molecule has 0 saturated carbocycles. The number of hydrogen-bond acceptors (Lipinski definition) is 5. The normalized spacial score (nSPS) is 12.2. The molecule has 0 fully saturated rings. The molecule has 33 heavy (non-hydrogen) atoms. The van der Waals surface area contributed by atoms with Crippen LogP contribution in [0.3, 0.4) is 0 Å². The topological polar surface area (TPSA) is 97.2 Å². The van der Waals surface area contributed by atoms with E-state index < -0.39 is 27.7 Å². The van der Waals surface area contributed by atoms with Crippen molar-refractivity contribution in [3.63, 3.8) is 0 Å². The number of sulfonamides is 1. The molecule has 8 nitrogen and oxygen atoms in total. The molecule has 3 aromatic rings. The number of hydrogen-bond donors (Lipinski definition) is 1. The summed E-state index contributed by atoms with van der Waals surface area (Å²) in [7, 11) is -3.98. The molecule has 13 heteroatoms. The number of alkyl halides is 3. The van der Waals surface area contributed by atoms with Gasteiger partial charge < -0.3 is 5.32 Å². The van der Waals surface area contributed by atoms with Crippen LogP contribution in [-0.2, 0) is 16.2 Å². The quantitative estimate of drug-likeness (QED) is 0.522. The van der Waals surface area contributed by atoms with Crippen molar-refractivity contribution in [2.75, 3.05) is 18.4 Å². The molecular weight excluding hydrogens is 483 g/mol. The SMILES string of the molecule is CCN(CC)S(=O)(=O)c1cc(C(=O)Nc2cc(C(F)(F)F)ccc2-n2cncn2)ccc1Cl. The summed E-state index contributed by atoms with van der Waals surface area (Å²) in [5.41, 5.74) is -1.14. The van der Waals surface area contributed by atoms with E-state index in [0.717, 1.165) is 24.3 Å². The van der Waals surface area contributed by atoms with Gasteiger partial charge in [-0.05, 0) is 36.4 Å². The molecule has 0 unspecified atom stereocenters. The number of aromatic nitrogens is 3. The average molecular weight is 502 g/mol. The predicted octanol–water partition coefficient (Wildman–Crippen LogP) is 4.22. The summed E-state index contributed by atoms with van der Waals surface area (Å²) in [6.07, 6.45) is -2.20. The van der Waals surface area contributed by atoms with Crippen LogP contribution in [0.15, 0.2) is 53.9 Å². The highest BCUT2D eigenvalue weighted by Crippen LogP contribution is 2.34. The number of nitrogens with zero attached hydrogens (tertiary/aromatic N) is 4. The number of carbonyl (C=O) groups is 1. The van der Waals surface area contributed by atoms with Gasteiger partial charge in [0.1, 0.15) is 17.6 Å². The number of amides is 1. The maximum Gasteiger partial charge on any atom is 0.416 e. The summed E-state index contributed by atoms with van der Waals surface area (Å²) in [5.74, 6) is -0.830. The van der Waals surface area contributed by atoms with Crippen LogP contribution in [0.5, 0.6) is 0 Å². The number of benzene rings is 2. The lowest BCUT2D eigenvalue weighted by Gasteiger charge is -2.20. The first-order valence-electron chi connectivity index (χ1n) is 9.66. The summed E-state index contributed by atoms with van der Waals surface area (Å²) in [5, 5.41) is 6.21. The third kappa shape index (κ3) is 5.18. The van der Waals surface area contributed by atoms with Gasteiger partial charge in [0.05, 0.1) is 22.0 Å². The zero-order valence-corrected chi connectivity index (χ0v) is 19.0. The van der Waals surface area contributed by atoms with Crippen molar-refractivity contribution in [2.45, 2.75) is 24.9 Å². The van der Waals surface area contributed by atoms with Gasteiger partial charge in [0, 0.05) is 18.7 Å². The number of carbonyl (C=O) groups excluding carboxylic acids is 1. The zero-order chi connectivity index (χ0) is 24.4. The molecule has 0 saturated heterocycles. The Kier molecular flexibility index (Phi) is 7.10. The van der Waals surface area contributed by atoms with Gasteiger partial charge in [-0.25, -0.2) is 18.1 Å². The lowest BCUT2D eigenvalue weighted by Crippen LogP contribution is -2.31. The minimum absolute atomic E-state index is 0.0826. The number of anilines is 1. The van der Waals surface area contributed by atoms with Crippen molar-refractivity contribution in [3.05, 3.63) is 65.2 Å². The van der Waals surface area contributed by atoms with Crippen LogP contribution in [-0.4, -0.2) is 46.5 Å². The van der Waals surface area contributed by atoms with Crippen molar-refractivity contribution in [1.82, 2.24) is 19.1 Å². The largest absolute Gasteiger partial charge is 0.416 e. The van der Waals surface area contributed by atoms with Crippen molar-refractivity contribution < 1.29 is 26.4 Å². The molecule has 0 radical (unpaired) electrons. The van der Waals surface area contributed by atoms with Gasteiger partial charge in [0.2, 0.25) is 10.0 Å². The van der Waals surface area contributed by atoms with Crippen molar-refractivity contribution in [1.29, 1.82) is 0 Å². The lowest BCUT2D eigenvalue weighted by molar-refractivity contribution is -0.137. The first-order chi connectivity index (χ1) is 15.5. The fraction of sp³-hybridized carbons (Fsp3) is 0.250. The second-order valence-electron chi connectivity index (χ2n) is 6.76. The summed E-state index contributed by atoms with van der Waals surface area (Å²) < 4.78 is 67.8. The Morgan fingerprint density at radius 1 is 1.15 bits per heavy atom. The standard InChI is InChI=1S/C20H19ClF3N5O3S/c1-3-28(4-2)33(31,32)18-9-13(5-7-15(18)21)19(30)27-16-10-14(20(22,23)24)6-8-17(16)29-12-25-11-26-29/h5-12H,3-4H2,1-2H3,(H,27,30). The molecule has 2 aromatic carbocycles. The fourth-order valence-electron chi connectivity index (χ4n) is 3.08. The highest BCUT2D eigenvalue weighted by Gasteiger charge is 2.32. The molecule has 1 amide bonds. The van der Waals surface area contributed by atoms with E-state index in [1.807, 2.05) is 0 Å². The van der Waals surface area contributed by atoms with E-state index in [1.54, 1.807) is 13.8 Å². The van der Waals surface area contributed by atoms with E-state index in [4.69, 9.17) is 11.6 Å². The maximum atomic E-state index is 13.2. The summed E-state index contributed by atoms with van der Waals surface area (Å²) in [6.45, 7) is 3.70. The predicted molar refractivity (Wildman–Crippen MR) is 116 cm³/mol. The Morgan fingerprint density at radius 2 is 1.85 bits per heavy atom. The lowest BCUT2D eigenvalue weighted by atomic mass is 10.1. The molecule has 0 aliphatic rings. The van der Waals surface area contributed by atoms with Crippen LogP contribution in [0.4, 0.5) is 18.9 Å². The van der Waals surface area contributed by atoms with Crippen LogP contribution >= 0.6 is 11.6 Å². The molecule has 1 heterocycles. The van der Waals surface area contributed by atoms with Crippen molar-refractivity contribution in [2.24, 2.45) is 0 Å². The summed E-state index contributed by atoms with van der Waals surface area (Å²) >= 11 is 6.09. The molecule has 3 rings (SSSR count). The smallest absolute Gasteiger partial charge is 0.320 e. The minimum atomic E-state index is -4.65. The van der Waals surface area contributed by atoms with E-state index in [-0.39, 0.29) is 39.9 Å². The van der Waals surface area contributed by atoms with Crippen molar-refractivity contribution >= 4 is 33.2 Å². The number of halogens is 4. The van der Waals surface area contributed by atoms with Crippen LogP contribution in [0.25, 0.3) is 5.69 Å². The first-order valence-corrected chi connectivity index (χ1v) is 11.5. The number of nitrogens with one attached hydrogen (secondary N) is 1. The second kappa shape index (κ2) is 9.49. The van der Waals surface area contributed by atoms with E-state index in [2.05, 4.69) is 15.4 Å². The molecule has 0 aliphatic carbocycles. The molecule has 0 atom stereocenters. The first kappa shape index (κ1) is 24.7. The van der Waals surface area contributed by atoms with E-state index in [1.165, 1.54) is 33.8 Å². The highest BCUT2D eigenvalue weighted by atomic mass is 35.5. The second-order valence-corrected chi connectivity index (χ2v) is 9.07. The van der Waals surface area contributed by atoms with Gasteiger partial charge in [-0.15, -0.1) is 0 Å². The number of rotatable bonds is 7. The Balaban J connectivity index is 2.03. The van der Waals surface area contributed by atoms with Gasteiger partial charge in [-0.1, -0.05) is 25.4 Å². The maximum absolute atomic E-state index is 13.2. The summed E-state index contributed by atoms with van der Waals surface area (Å²) in [4.78, 5) is 16.4. The monoisotopic (exact) mass is 501 g/mol. The van der Waals surface area contributed by atoms with Crippen LogP contribution < -0.4 is 5.32 Å². The molecule has 1 aromatic heterocycles. The Morgan fingerprint density at radius 3 is 2.42 bits per heavy atom. The van der Waals surface area contributed by atoms with E-state index in [9.17, 15) is 26.4 Å². The minimum Gasteiger partial charge on any atom is -0.320 e. The van der Waals surface area contributed by atoms with Crippen LogP contribution in [0.2, 0.25) is 5.02 Å². The third-order valence-electron chi connectivity index (χ3n) is 4.75. The van der Waals surface area contributed by atoms with E-state index in [0.29, 0.717) is 0 Å².